The number of nitrogens with zero attached hydrogens (tertiary/aromatic N) is 1. The van der Waals surface area contributed by atoms with Crippen LogP contribution in [0.3, 0.4) is 0 Å². The first-order valence-electron chi connectivity index (χ1n) is 6.83. The highest BCUT2D eigenvalue weighted by atomic mass is 16.6. The Hall–Kier alpha value is -1.26. The smallest absolute Gasteiger partial charge is 0.161 e. The Kier molecular flexibility index (Phi) is 3.15. The predicted molar refractivity (Wildman–Crippen MR) is 72.6 cm³/mol. The van der Waals surface area contributed by atoms with Crippen molar-refractivity contribution in [2.75, 3.05) is 33.9 Å². The van der Waals surface area contributed by atoms with Crippen LogP contribution in [0, 0.1) is 5.41 Å². The van der Waals surface area contributed by atoms with Crippen molar-refractivity contribution in [3.8, 4) is 11.5 Å². The molecule has 1 unspecified atom stereocenters. The number of benzene rings is 1. The Labute approximate surface area is 113 Å². The van der Waals surface area contributed by atoms with E-state index in [1.165, 1.54) is 5.56 Å². The van der Waals surface area contributed by atoms with Gasteiger partial charge in [-0.25, -0.2) is 0 Å². The summed E-state index contributed by atoms with van der Waals surface area (Å²) in [7, 11) is 4.13. The number of ether oxygens (including phenoxy) is 2. The fraction of sp³-hybridized carbons (Fsp3) is 0.600. The van der Waals surface area contributed by atoms with E-state index in [4.69, 9.17) is 9.47 Å². The lowest BCUT2D eigenvalue weighted by molar-refractivity contribution is 0.115. The standard InChI is InChI=1S/C15H21NO3/c1-16(2)14(15(10-17)5-6-15)11-3-4-12-13(9-11)19-8-7-18-12/h3-4,9,14,17H,5-8,10H2,1-2H3. The highest BCUT2D eigenvalue weighted by molar-refractivity contribution is 5.45. The third-order valence-corrected chi connectivity index (χ3v) is 4.19. The van der Waals surface area contributed by atoms with Gasteiger partial charge in [0.2, 0.25) is 0 Å². The third-order valence-electron chi connectivity index (χ3n) is 4.19. The van der Waals surface area contributed by atoms with E-state index in [1.807, 2.05) is 6.07 Å². The summed E-state index contributed by atoms with van der Waals surface area (Å²) < 4.78 is 11.2. The first-order chi connectivity index (χ1) is 9.16. The number of aliphatic hydroxyl groups is 1. The first-order valence-corrected chi connectivity index (χ1v) is 6.83. The van der Waals surface area contributed by atoms with Gasteiger partial charge in [-0.05, 0) is 44.6 Å². The van der Waals surface area contributed by atoms with Crippen molar-refractivity contribution in [3.05, 3.63) is 23.8 Å². The molecule has 4 heteroatoms. The molecule has 1 heterocycles. The summed E-state index contributed by atoms with van der Waals surface area (Å²) in [6.45, 7) is 1.46. The van der Waals surface area contributed by atoms with Gasteiger partial charge in [-0.15, -0.1) is 0 Å². The maximum atomic E-state index is 9.69. The fourth-order valence-electron chi connectivity index (χ4n) is 3.11. The molecule has 0 bridgehead atoms. The quantitative estimate of drug-likeness (QED) is 0.900. The predicted octanol–water partition coefficient (Wildman–Crippen LogP) is 1.83. The summed E-state index contributed by atoms with van der Waals surface area (Å²) in [5.41, 5.74) is 1.22. The summed E-state index contributed by atoms with van der Waals surface area (Å²) in [6, 6.07) is 6.37. The zero-order valence-electron chi connectivity index (χ0n) is 11.6. The molecule has 1 N–H and O–H groups in total. The van der Waals surface area contributed by atoms with E-state index in [0.29, 0.717) is 13.2 Å². The Balaban J connectivity index is 1.95. The van der Waals surface area contributed by atoms with Gasteiger partial charge in [0.05, 0.1) is 6.61 Å². The molecule has 104 valence electrons. The molecule has 1 aliphatic carbocycles. The van der Waals surface area contributed by atoms with Crippen molar-refractivity contribution in [1.29, 1.82) is 0 Å². The number of rotatable bonds is 4. The molecular formula is C15H21NO3. The maximum Gasteiger partial charge on any atom is 0.161 e. The second-order valence-corrected chi connectivity index (χ2v) is 5.79. The van der Waals surface area contributed by atoms with Gasteiger partial charge in [-0.2, -0.15) is 0 Å². The summed E-state index contributed by atoms with van der Waals surface area (Å²) in [5.74, 6) is 1.64. The minimum absolute atomic E-state index is 0.0211. The van der Waals surface area contributed by atoms with Gasteiger partial charge in [0, 0.05) is 11.5 Å². The monoisotopic (exact) mass is 263 g/mol. The van der Waals surface area contributed by atoms with E-state index in [9.17, 15) is 5.11 Å². The fourth-order valence-corrected chi connectivity index (χ4v) is 3.11. The molecule has 0 radical (unpaired) electrons. The average Bonchev–Trinajstić information content (AvgIpc) is 3.19. The molecule has 1 aromatic rings. The molecule has 3 rings (SSSR count). The van der Waals surface area contributed by atoms with Gasteiger partial charge < -0.3 is 19.5 Å². The number of hydrogen-bond donors (Lipinski definition) is 1. The zero-order valence-corrected chi connectivity index (χ0v) is 11.6. The van der Waals surface area contributed by atoms with Crippen molar-refractivity contribution in [2.45, 2.75) is 18.9 Å². The second kappa shape index (κ2) is 4.69. The molecule has 1 atom stereocenters. The average molecular weight is 263 g/mol. The molecule has 19 heavy (non-hydrogen) atoms. The van der Waals surface area contributed by atoms with Crippen LogP contribution in [-0.2, 0) is 0 Å². The van der Waals surface area contributed by atoms with Crippen molar-refractivity contribution < 1.29 is 14.6 Å². The molecule has 0 saturated heterocycles. The molecular weight excluding hydrogens is 242 g/mol. The van der Waals surface area contributed by atoms with E-state index in [0.717, 1.165) is 24.3 Å². The van der Waals surface area contributed by atoms with Crippen LogP contribution < -0.4 is 9.47 Å². The number of fused-ring (bicyclic) bond motifs is 1. The second-order valence-electron chi connectivity index (χ2n) is 5.79. The van der Waals surface area contributed by atoms with E-state index in [1.54, 1.807) is 0 Å². The molecule has 2 aliphatic rings. The molecule has 4 nitrogen and oxygen atoms in total. The normalized spacial score (nSPS) is 21.3. The van der Waals surface area contributed by atoms with Gasteiger partial charge in [0.1, 0.15) is 13.2 Å². The molecule has 1 fully saturated rings. The van der Waals surface area contributed by atoms with Gasteiger partial charge in [-0.3, -0.25) is 0 Å². The molecule has 0 spiro atoms. The highest BCUT2D eigenvalue weighted by Crippen LogP contribution is 2.56. The molecule has 1 saturated carbocycles. The van der Waals surface area contributed by atoms with Crippen molar-refractivity contribution in [1.82, 2.24) is 4.90 Å². The van der Waals surface area contributed by atoms with Crippen LogP contribution in [0.15, 0.2) is 18.2 Å². The zero-order chi connectivity index (χ0) is 13.5. The molecule has 0 aromatic heterocycles. The molecule has 1 aliphatic heterocycles. The SMILES string of the molecule is CN(C)C(c1ccc2c(c1)OCCO2)C1(CO)CC1. The van der Waals surface area contributed by atoms with Crippen LogP contribution in [0.25, 0.3) is 0 Å². The molecule has 1 aromatic carbocycles. The lowest BCUT2D eigenvalue weighted by Crippen LogP contribution is -2.31. The van der Waals surface area contributed by atoms with Crippen LogP contribution in [0.5, 0.6) is 11.5 Å². The lowest BCUT2D eigenvalue weighted by Gasteiger charge is -2.32. The number of aliphatic hydroxyl groups excluding tert-OH is 1. The Bertz CT molecular complexity index is 468. The van der Waals surface area contributed by atoms with Gasteiger partial charge in [-0.1, -0.05) is 6.07 Å². The van der Waals surface area contributed by atoms with E-state index < -0.39 is 0 Å². The topological polar surface area (TPSA) is 41.9 Å². The van der Waals surface area contributed by atoms with Crippen LogP contribution in [0.1, 0.15) is 24.4 Å². The Morgan fingerprint density at radius 3 is 2.47 bits per heavy atom. The van der Waals surface area contributed by atoms with Gasteiger partial charge >= 0.3 is 0 Å². The van der Waals surface area contributed by atoms with Crippen molar-refractivity contribution >= 4 is 0 Å². The van der Waals surface area contributed by atoms with Gasteiger partial charge in [0.25, 0.3) is 0 Å². The van der Waals surface area contributed by atoms with Crippen LogP contribution in [0.4, 0.5) is 0 Å². The Morgan fingerprint density at radius 2 is 1.89 bits per heavy atom. The highest BCUT2D eigenvalue weighted by Gasteiger charge is 2.50. The Morgan fingerprint density at radius 1 is 1.21 bits per heavy atom. The minimum atomic E-state index is 0.0211. The minimum Gasteiger partial charge on any atom is -0.486 e. The summed E-state index contributed by atoms with van der Waals surface area (Å²) >= 11 is 0. The van der Waals surface area contributed by atoms with E-state index in [-0.39, 0.29) is 18.1 Å². The van der Waals surface area contributed by atoms with Gasteiger partial charge in [0.15, 0.2) is 11.5 Å². The summed E-state index contributed by atoms with van der Waals surface area (Å²) in [4.78, 5) is 2.19. The lowest BCUT2D eigenvalue weighted by atomic mass is 9.89. The van der Waals surface area contributed by atoms with Crippen LogP contribution in [0.2, 0.25) is 0 Å². The largest absolute Gasteiger partial charge is 0.486 e. The van der Waals surface area contributed by atoms with Crippen LogP contribution >= 0.6 is 0 Å². The van der Waals surface area contributed by atoms with E-state index in [2.05, 4.69) is 31.1 Å². The first kappa shape index (κ1) is 12.8. The van der Waals surface area contributed by atoms with E-state index >= 15 is 0 Å². The summed E-state index contributed by atoms with van der Waals surface area (Å²) in [5, 5.41) is 9.69. The summed E-state index contributed by atoms with van der Waals surface area (Å²) in [6.07, 6.45) is 2.17. The van der Waals surface area contributed by atoms with Crippen molar-refractivity contribution in [2.24, 2.45) is 5.41 Å². The third kappa shape index (κ3) is 2.19. The number of hydrogen-bond acceptors (Lipinski definition) is 4. The molecule has 0 amide bonds. The van der Waals surface area contributed by atoms with Crippen LogP contribution in [-0.4, -0.2) is 43.9 Å². The van der Waals surface area contributed by atoms with Crippen molar-refractivity contribution in [3.63, 3.8) is 0 Å². The maximum absolute atomic E-state index is 9.69.